The van der Waals surface area contributed by atoms with Crippen LogP contribution in [0.2, 0.25) is 0 Å². The third-order valence-electron chi connectivity index (χ3n) is 2.99. The van der Waals surface area contributed by atoms with E-state index in [9.17, 15) is 9.59 Å². The van der Waals surface area contributed by atoms with Gasteiger partial charge in [0.25, 0.3) is 0 Å². The molecule has 0 bridgehead atoms. The molecule has 0 spiro atoms. The van der Waals surface area contributed by atoms with Gasteiger partial charge < -0.3 is 14.5 Å². The van der Waals surface area contributed by atoms with E-state index in [2.05, 4.69) is 0 Å². The Balaban J connectivity index is 2.29. The Kier molecular flexibility index (Phi) is 5.97. The minimum Gasteiger partial charge on any atom is -0.361 e. The zero-order chi connectivity index (χ0) is 12.7. The SMILES string of the molecule is CCN(CC)C(=O)CCC(=O)N1CCCOC1. The third-order valence-corrected chi connectivity index (χ3v) is 2.99. The molecule has 5 nitrogen and oxygen atoms in total. The van der Waals surface area contributed by atoms with Crippen LogP contribution in [0, 0.1) is 0 Å². The fraction of sp³-hybridized carbons (Fsp3) is 0.833. The first-order valence-corrected chi connectivity index (χ1v) is 6.32. The van der Waals surface area contributed by atoms with Crippen LogP contribution in [0.1, 0.15) is 33.1 Å². The second kappa shape index (κ2) is 7.27. The van der Waals surface area contributed by atoms with Crippen molar-refractivity contribution in [1.82, 2.24) is 9.80 Å². The van der Waals surface area contributed by atoms with E-state index in [1.807, 2.05) is 13.8 Å². The van der Waals surface area contributed by atoms with E-state index in [0.717, 1.165) is 19.6 Å². The lowest BCUT2D eigenvalue weighted by Gasteiger charge is -2.27. The molecule has 0 saturated carbocycles. The summed E-state index contributed by atoms with van der Waals surface area (Å²) in [5.74, 6) is 0.0754. The zero-order valence-corrected chi connectivity index (χ0v) is 10.8. The van der Waals surface area contributed by atoms with Gasteiger partial charge in [0.1, 0.15) is 6.73 Å². The maximum Gasteiger partial charge on any atom is 0.224 e. The molecule has 1 rings (SSSR count). The number of ether oxygens (including phenoxy) is 1. The van der Waals surface area contributed by atoms with Crippen LogP contribution in [0.25, 0.3) is 0 Å². The quantitative estimate of drug-likeness (QED) is 0.718. The van der Waals surface area contributed by atoms with Crippen LogP contribution in [-0.2, 0) is 14.3 Å². The summed E-state index contributed by atoms with van der Waals surface area (Å²) < 4.78 is 5.21. The second-order valence-corrected chi connectivity index (χ2v) is 4.11. The Labute approximate surface area is 103 Å². The maximum absolute atomic E-state index is 11.8. The molecule has 1 saturated heterocycles. The van der Waals surface area contributed by atoms with Crippen LogP contribution >= 0.6 is 0 Å². The number of hydrogen-bond donors (Lipinski definition) is 0. The largest absolute Gasteiger partial charge is 0.361 e. The van der Waals surface area contributed by atoms with Gasteiger partial charge in [0.2, 0.25) is 11.8 Å². The summed E-state index contributed by atoms with van der Waals surface area (Å²) >= 11 is 0. The van der Waals surface area contributed by atoms with Gasteiger partial charge in [0.15, 0.2) is 0 Å². The van der Waals surface area contributed by atoms with Gasteiger partial charge >= 0.3 is 0 Å². The molecule has 0 aromatic heterocycles. The molecule has 0 aliphatic carbocycles. The summed E-state index contributed by atoms with van der Waals surface area (Å²) in [6.45, 7) is 7.15. The lowest BCUT2D eigenvalue weighted by atomic mass is 10.2. The summed E-state index contributed by atoms with van der Waals surface area (Å²) in [5, 5.41) is 0. The van der Waals surface area contributed by atoms with Gasteiger partial charge in [0.05, 0.1) is 6.61 Å². The van der Waals surface area contributed by atoms with Gasteiger partial charge in [-0.2, -0.15) is 0 Å². The molecule has 1 aliphatic heterocycles. The molecule has 5 heteroatoms. The molecule has 1 fully saturated rings. The Morgan fingerprint density at radius 1 is 1.24 bits per heavy atom. The van der Waals surface area contributed by atoms with Crippen molar-refractivity contribution in [2.75, 3.05) is 33.0 Å². The van der Waals surface area contributed by atoms with Crippen LogP contribution in [0.15, 0.2) is 0 Å². The molecular weight excluding hydrogens is 220 g/mol. The first-order chi connectivity index (χ1) is 8.19. The highest BCUT2D eigenvalue weighted by molar-refractivity contribution is 5.83. The van der Waals surface area contributed by atoms with Crippen LogP contribution in [0.4, 0.5) is 0 Å². The average molecular weight is 242 g/mol. The fourth-order valence-electron chi connectivity index (χ4n) is 1.90. The molecule has 0 aromatic carbocycles. The molecule has 17 heavy (non-hydrogen) atoms. The summed E-state index contributed by atoms with van der Waals surface area (Å²) in [7, 11) is 0. The first-order valence-electron chi connectivity index (χ1n) is 6.32. The highest BCUT2D eigenvalue weighted by Crippen LogP contribution is 2.06. The minimum atomic E-state index is 0.0187. The minimum absolute atomic E-state index is 0.0187. The van der Waals surface area contributed by atoms with E-state index >= 15 is 0 Å². The Bertz CT molecular complexity index is 258. The lowest BCUT2D eigenvalue weighted by Crippen LogP contribution is -2.39. The Hall–Kier alpha value is -1.10. The van der Waals surface area contributed by atoms with Crippen molar-refractivity contribution >= 4 is 11.8 Å². The second-order valence-electron chi connectivity index (χ2n) is 4.11. The molecule has 1 heterocycles. The number of nitrogens with zero attached hydrogens (tertiary/aromatic N) is 2. The summed E-state index contributed by atoms with van der Waals surface area (Å²) in [6, 6.07) is 0. The highest BCUT2D eigenvalue weighted by Gasteiger charge is 2.18. The predicted molar refractivity (Wildman–Crippen MR) is 64.3 cm³/mol. The summed E-state index contributed by atoms with van der Waals surface area (Å²) in [4.78, 5) is 26.9. The molecule has 98 valence electrons. The van der Waals surface area contributed by atoms with Gasteiger partial charge in [-0.15, -0.1) is 0 Å². The Morgan fingerprint density at radius 3 is 2.47 bits per heavy atom. The fourth-order valence-corrected chi connectivity index (χ4v) is 1.90. The number of rotatable bonds is 5. The molecule has 0 aromatic rings. The van der Waals surface area contributed by atoms with Crippen LogP contribution < -0.4 is 0 Å². The van der Waals surface area contributed by atoms with E-state index in [-0.39, 0.29) is 11.8 Å². The molecule has 1 aliphatic rings. The highest BCUT2D eigenvalue weighted by atomic mass is 16.5. The van der Waals surface area contributed by atoms with E-state index in [1.165, 1.54) is 0 Å². The Morgan fingerprint density at radius 2 is 1.94 bits per heavy atom. The van der Waals surface area contributed by atoms with Gasteiger partial charge in [-0.25, -0.2) is 0 Å². The van der Waals surface area contributed by atoms with Crippen molar-refractivity contribution in [2.45, 2.75) is 33.1 Å². The van der Waals surface area contributed by atoms with E-state index in [4.69, 9.17) is 4.74 Å². The monoisotopic (exact) mass is 242 g/mol. The molecule has 0 N–H and O–H groups in total. The van der Waals surface area contributed by atoms with Crippen molar-refractivity contribution in [1.29, 1.82) is 0 Å². The molecule has 0 unspecified atom stereocenters. The summed E-state index contributed by atoms with van der Waals surface area (Å²) in [5.41, 5.74) is 0. The number of carbonyl (C=O) groups is 2. The predicted octanol–water partition coefficient (Wildman–Crippen LogP) is 0.841. The maximum atomic E-state index is 11.8. The average Bonchev–Trinajstić information content (AvgIpc) is 2.38. The van der Waals surface area contributed by atoms with E-state index < -0.39 is 0 Å². The van der Waals surface area contributed by atoms with Gasteiger partial charge in [-0.1, -0.05) is 0 Å². The van der Waals surface area contributed by atoms with Crippen LogP contribution in [0.3, 0.4) is 0 Å². The van der Waals surface area contributed by atoms with Crippen molar-refractivity contribution < 1.29 is 14.3 Å². The standard InChI is InChI=1S/C12H22N2O3/c1-3-13(4-2)11(15)6-7-12(16)14-8-5-9-17-10-14/h3-10H2,1-2H3. The van der Waals surface area contributed by atoms with Crippen LogP contribution in [-0.4, -0.2) is 54.6 Å². The number of carbonyl (C=O) groups excluding carboxylic acids is 2. The summed E-state index contributed by atoms with van der Waals surface area (Å²) in [6.07, 6.45) is 1.48. The van der Waals surface area contributed by atoms with E-state index in [1.54, 1.807) is 9.80 Å². The van der Waals surface area contributed by atoms with Crippen molar-refractivity contribution in [3.63, 3.8) is 0 Å². The molecular formula is C12H22N2O3. The molecule has 0 atom stereocenters. The van der Waals surface area contributed by atoms with Crippen molar-refractivity contribution in [2.24, 2.45) is 0 Å². The topological polar surface area (TPSA) is 49.9 Å². The van der Waals surface area contributed by atoms with Gasteiger partial charge in [0, 0.05) is 32.5 Å². The van der Waals surface area contributed by atoms with Crippen molar-refractivity contribution in [3.05, 3.63) is 0 Å². The van der Waals surface area contributed by atoms with Gasteiger partial charge in [-0.3, -0.25) is 9.59 Å². The molecule has 0 radical (unpaired) electrons. The van der Waals surface area contributed by atoms with Crippen molar-refractivity contribution in [3.8, 4) is 0 Å². The van der Waals surface area contributed by atoms with Crippen LogP contribution in [0.5, 0.6) is 0 Å². The lowest BCUT2D eigenvalue weighted by molar-refractivity contribution is -0.143. The van der Waals surface area contributed by atoms with E-state index in [0.29, 0.717) is 32.7 Å². The molecule has 2 amide bonds. The number of hydrogen-bond acceptors (Lipinski definition) is 3. The number of amides is 2. The van der Waals surface area contributed by atoms with Gasteiger partial charge in [-0.05, 0) is 20.3 Å². The smallest absolute Gasteiger partial charge is 0.224 e. The third kappa shape index (κ3) is 4.34. The normalized spacial score (nSPS) is 15.8. The first kappa shape index (κ1) is 14.0. The zero-order valence-electron chi connectivity index (χ0n) is 10.8.